The number of hydrogen-bond donors (Lipinski definition) is 1. The van der Waals surface area contributed by atoms with Crippen molar-refractivity contribution in [3.8, 4) is 0 Å². The standard InChI is InChI=1S/C17H20ClNS/c1-12-3-4-14(9-13(12)2)10-16(19)11-20-17-7-5-15(18)6-8-17/h3-9,16H,10-11,19H2,1-2H3. The van der Waals surface area contributed by atoms with Crippen LogP contribution in [0, 0.1) is 13.8 Å². The van der Waals surface area contributed by atoms with Crippen molar-refractivity contribution in [3.05, 3.63) is 64.2 Å². The molecule has 0 saturated heterocycles. The predicted octanol–water partition coefficient (Wildman–Crippen LogP) is 4.62. The molecule has 2 aromatic rings. The number of hydrogen-bond acceptors (Lipinski definition) is 2. The van der Waals surface area contributed by atoms with E-state index in [2.05, 4.69) is 32.0 Å². The first-order chi connectivity index (χ1) is 9.54. The molecule has 1 atom stereocenters. The third kappa shape index (κ3) is 4.55. The van der Waals surface area contributed by atoms with Crippen LogP contribution >= 0.6 is 23.4 Å². The van der Waals surface area contributed by atoms with Gasteiger partial charge in [-0.3, -0.25) is 0 Å². The van der Waals surface area contributed by atoms with Crippen LogP contribution in [-0.2, 0) is 6.42 Å². The van der Waals surface area contributed by atoms with Crippen molar-refractivity contribution in [1.29, 1.82) is 0 Å². The highest BCUT2D eigenvalue weighted by atomic mass is 35.5. The van der Waals surface area contributed by atoms with Crippen molar-refractivity contribution in [1.82, 2.24) is 0 Å². The monoisotopic (exact) mass is 305 g/mol. The lowest BCUT2D eigenvalue weighted by Gasteiger charge is -2.12. The highest BCUT2D eigenvalue weighted by Crippen LogP contribution is 2.21. The molecule has 0 fully saturated rings. The van der Waals surface area contributed by atoms with Crippen LogP contribution in [0.25, 0.3) is 0 Å². The molecule has 0 aromatic heterocycles. The summed E-state index contributed by atoms with van der Waals surface area (Å²) in [5, 5.41) is 0.772. The second-order valence-electron chi connectivity index (χ2n) is 5.15. The lowest BCUT2D eigenvalue weighted by atomic mass is 10.0. The average molecular weight is 306 g/mol. The lowest BCUT2D eigenvalue weighted by Crippen LogP contribution is -2.25. The van der Waals surface area contributed by atoms with Crippen molar-refractivity contribution in [2.45, 2.75) is 31.2 Å². The van der Waals surface area contributed by atoms with Crippen LogP contribution in [-0.4, -0.2) is 11.8 Å². The van der Waals surface area contributed by atoms with E-state index >= 15 is 0 Å². The number of aryl methyl sites for hydroxylation is 2. The zero-order valence-corrected chi connectivity index (χ0v) is 13.5. The van der Waals surface area contributed by atoms with Gasteiger partial charge >= 0.3 is 0 Å². The second kappa shape index (κ2) is 7.16. The Balaban J connectivity index is 1.87. The molecule has 2 N–H and O–H groups in total. The summed E-state index contributed by atoms with van der Waals surface area (Å²) in [5.41, 5.74) is 10.2. The van der Waals surface area contributed by atoms with Crippen LogP contribution in [0.3, 0.4) is 0 Å². The Bertz CT molecular complexity index is 566. The molecular formula is C17H20ClNS. The van der Waals surface area contributed by atoms with E-state index < -0.39 is 0 Å². The topological polar surface area (TPSA) is 26.0 Å². The fraction of sp³-hybridized carbons (Fsp3) is 0.294. The molecule has 3 heteroatoms. The van der Waals surface area contributed by atoms with Crippen molar-refractivity contribution in [3.63, 3.8) is 0 Å². The summed E-state index contributed by atoms with van der Waals surface area (Å²) in [4.78, 5) is 1.21. The molecule has 0 aliphatic heterocycles. The van der Waals surface area contributed by atoms with Gasteiger partial charge in [-0.15, -0.1) is 11.8 Å². The van der Waals surface area contributed by atoms with Crippen molar-refractivity contribution >= 4 is 23.4 Å². The van der Waals surface area contributed by atoms with Gasteiger partial charge in [0.2, 0.25) is 0 Å². The molecule has 0 aliphatic rings. The molecule has 1 nitrogen and oxygen atoms in total. The molecule has 0 spiro atoms. The first-order valence-electron chi connectivity index (χ1n) is 6.74. The Morgan fingerprint density at radius 1 is 1.05 bits per heavy atom. The van der Waals surface area contributed by atoms with Gasteiger partial charge in [0, 0.05) is 21.7 Å². The molecular weight excluding hydrogens is 286 g/mol. The van der Waals surface area contributed by atoms with Gasteiger partial charge in [-0.05, 0) is 61.2 Å². The molecule has 0 amide bonds. The summed E-state index contributed by atoms with van der Waals surface area (Å²) in [6.45, 7) is 4.28. The van der Waals surface area contributed by atoms with Gasteiger partial charge in [-0.2, -0.15) is 0 Å². The molecule has 0 bridgehead atoms. The zero-order valence-electron chi connectivity index (χ0n) is 11.9. The fourth-order valence-electron chi connectivity index (χ4n) is 2.03. The van der Waals surface area contributed by atoms with E-state index in [0.717, 1.165) is 17.2 Å². The average Bonchev–Trinajstić information content (AvgIpc) is 2.42. The molecule has 0 saturated carbocycles. The number of halogens is 1. The number of nitrogens with two attached hydrogens (primary N) is 1. The van der Waals surface area contributed by atoms with Crippen LogP contribution in [0.1, 0.15) is 16.7 Å². The van der Waals surface area contributed by atoms with Gasteiger partial charge in [0.05, 0.1) is 0 Å². The minimum absolute atomic E-state index is 0.165. The van der Waals surface area contributed by atoms with Crippen molar-refractivity contribution in [2.75, 3.05) is 5.75 Å². The first-order valence-corrected chi connectivity index (χ1v) is 8.11. The SMILES string of the molecule is Cc1ccc(CC(N)CSc2ccc(Cl)cc2)cc1C. The maximum Gasteiger partial charge on any atom is 0.0406 e. The van der Waals surface area contributed by atoms with Gasteiger partial charge in [-0.25, -0.2) is 0 Å². The van der Waals surface area contributed by atoms with Crippen LogP contribution in [0.5, 0.6) is 0 Å². The maximum atomic E-state index is 6.22. The van der Waals surface area contributed by atoms with Crippen molar-refractivity contribution in [2.24, 2.45) is 5.73 Å². The molecule has 20 heavy (non-hydrogen) atoms. The van der Waals surface area contributed by atoms with E-state index in [1.807, 2.05) is 24.3 Å². The maximum absolute atomic E-state index is 6.22. The summed E-state index contributed by atoms with van der Waals surface area (Å²) < 4.78 is 0. The van der Waals surface area contributed by atoms with E-state index in [9.17, 15) is 0 Å². The number of thioether (sulfide) groups is 1. The zero-order chi connectivity index (χ0) is 14.5. The van der Waals surface area contributed by atoms with Crippen LogP contribution in [0.4, 0.5) is 0 Å². The van der Waals surface area contributed by atoms with E-state index in [4.69, 9.17) is 17.3 Å². The minimum atomic E-state index is 0.165. The van der Waals surface area contributed by atoms with E-state index in [1.54, 1.807) is 11.8 Å². The molecule has 1 unspecified atom stereocenters. The minimum Gasteiger partial charge on any atom is -0.327 e. The Hall–Kier alpha value is -0.960. The second-order valence-corrected chi connectivity index (χ2v) is 6.68. The van der Waals surface area contributed by atoms with E-state index in [1.165, 1.54) is 21.6 Å². The van der Waals surface area contributed by atoms with Gasteiger partial charge < -0.3 is 5.73 Å². The van der Waals surface area contributed by atoms with Gasteiger partial charge in [0.25, 0.3) is 0 Å². The summed E-state index contributed by atoms with van der Waals surface area (Å²) in [6.07, 6.45) is 0.918. The molecule has 106 valence electrons. The summed E-state index contributed by atoms with van der Waals surface area (Å²) in [7, 11) is 0. The third-order valence-corrected chi connectivity index (χ3v) is 4.80. The van der Waals surface area contributed by atoms with Crippen LogP contribution < -0.4 is 5.73 Å². The largest absolute Gasteiger partial charge is 0.327 e. The normalized spacial score (nSPS) is 12.4. The van der Waals surface area contributed by atoms with Gasteiger partial charge in [-0.1, -0.05) is 29.8 Å². The van der Waals surface area contributed by atoms with Gasteiger partial charge in [0.1, 0.15) is 0 Å². The Morgan fingerprint density at radius 2 is 1.75 bits per heavy atom. The number of rotatable bonds is 5. The summed E-state index contributed by atoms with van der Waals surface area (Å²) in [6, 6.07) is 14.7. The molecule has 0 heterocycles. The molecule has 0 radical (unpaired) electrons. The smallest absolute Gasteiger partial charge is 0.0406 e. The van der Waals surface area contributed by atoms with Crippen LogP contribution in [0.2, 0.25) is 5.02 Å². The predicted molar refractivity (Wildman–Crippen MR) is 89.8 cm³/mol. The quantitative estimate of drug-likeness (QED) is 0.816. The first kappa shape index (κ1) is 15.4. The lowest BCUT2D eigenvalue weighted by molar-refractivity contribution is 0.748. The summed E-state index contributed by atoms with van der Waals surface area (Å²) in [5.74, 6) is 0.911. The highest BCUT2D eigenvalue weighted by Gasteiger charge is 2.06. The van der Waals surface area contributed by atoms with Gasteiger partial charge in [0.15, 0.2) is 0 Å². The van der Waals surface area contributed by atoms with E-state index in [0.29, 0.717) is 0 Å². The number of benzene rings is 2. The Morgan fingerprint density at radius 3 is 2.40 bits per heavy atom. The summed E-state index contributed by atoms with van der Waals surface area (Å²) >= 11 is 7.66. The Labute approximate surface area is 130 Å². The van der Waals surface area contributed by atoms with E-state index in [-0.39, 0.29) is 6.04 Å². The third-order valence-electron chi connectivity index (χ3n) is 3.35. The molecule has 2 aromatic carbocycles. The van der Waals surface area contributed by atoms with Crippen molar-refractivity contribution < 1.29 is 0 Å². The Kier molecular flexibility index (Phi) is 5.53. The van der Waals surface area contributed by atoms with Crippen LogP contribution in [0.15, 0.2) is 47.4 Å². The fourth-order valence-corrected chi connectivity index (χ4v) is 3.01. The molecule has 0 aliphatic carbocycles. The molecule has 2 rings (SSSR count). The highest BCUT2D eigenvalue weighted by molar-refractivity contribution is 7.99.